The first-order valence-electron chi connectivity index (χ1n) is 7.02. The molecule has 3 aliphatic rings. The third kappa shape index (κ3) is 2.87. The molecule has 3 heterocycles. The molecule has 1 atom stereocenters. The van der Waals surface area contributed by atoms with Gasteiger partial charge in [0.1, 0.15) is 5.02 Å². The largest absolute Gasteiger partial charge is 0.348 e. The Kier molecular flexibility index (Phi) is 3.82. The van der Waals surface area contributed by atoms with E-state index >= 15 is 0 Å². The van der Waals surface area contributed by atoms with Gasteiger partial charge >= 0.3 is 0 Å². The van der Waals surface area contributed by atoms with Crippen molar-refractivity contribution in [1.29, 1.82) is 0 Å². The molecule has 4 rings (SSSR count). The summed E-state index contributed by atoms with van der Waals surface area (Å²) < 4.78 is 0. The summed E-state index contributed by atoms with van der Waals surface area (Å²) in [5, 5.41) is 13.7. The van der Waals surface area contributed by atoms with Crippen LogP contribution in [-0.2, 0) is 0 Å². The second kappa shape index (κ2) is 5.61. The molecule has 1 aromatic rings. The first kappa shape index (κ1) is 14.3. The van der Waals surface area contributed by atoms with Gasteiger partial charge in [-0.25, -0.2) is 0 Å². The molecule has 0 radical (unpaired) electrons. The van der Waals surface area contributed by atoms with Crippen LogP contribution in [0.2, 0.25) is 5.02 Å². The number of halogens is 1. The zero-order valence-electron chi connectivity index (χ0n) is 11.4. The van der Waals surface area contributed by atoms with Gasteiger partial charge in [-0.2, -0.15) is 0 Å². The van der Waals surface area contributed by atoms with E-state index in [0.717, 1.165) is 32.5 Å². The van der Waals surface area contributed by atoms with Crippen LogP contribution in [0.15, 0.2) is 18.2 Å². The van der Waals surface area contributed by atoms with Crippen molar-refractivity contribution in [3.63, 3.8) is 0 Å². The van der Waals surface area contributed by atoms with E-state index in [9.17, 15) is 14.9 Å². The molecule has 1 N–H and O–H groups in total. The molecule has 7 heteroatoms. The second-order valence-corrected chi connectivity index (χ2v) is 6.05. The highest BCUT2D eigenvalue weighted by atomic mass is 35.5. The summed E-state index contributed by atoms with van der Waals surface area (Å²) in [4.78, 5) is 24.8. The Hall–Kier alpha value is -1.66. The highest BCUT2D eigenvalue weighted by Crippen LogP contribution is 2.28. The SMILES string of the molecule is O=C(NC1CN2CCC1CC2)c1ccc([N+](=O)[O-])c(Cl)c1. The molecule has 1 aromatic carbocycles. The average Bonchev–Trinajstić information content (AvgIpc) is 2.48. The van der Waals surface area contributed by atoms with Gasteiger partial charge in [-0.15, -0.1) is 0 Å². The lowest BCUT2D eigenvalue weighted by Crippen LogP contribution is -2.57. The van der Waals surface area contributed by atoms with Crippen LogP contribution in [0, 0.1) is 16.0 Å². The fraction of sp³-hybridized carbons (Fsp3) is 0.500. The summed E-state index contributed by atoms with van der Waals surface area (Å²) in [6.07, 6.45) is 2.23. The molecule has 2 bridgehead atoms. The van der Waals surface area contributed by atoms with Gasteiger partial charge in [0.15, 0.2) is 0 Å². The van der Waals surface area contributed by atoms with Crippen LogP contribution >= 0.6 is 11.6 Å². The molecular weight excluding hydrogens is 294 g/mol. The summed E-state index contributed by atoms with van der Waals surface area (Å²) in [5.74, 6) is 0.318. The number of nitrogens with zero attached hydrogens (tertiary/aromatic N) is 2. The number of nitro groups is 1. The molecule has 6 nitrogen and oxygen atoms in total. The number of carbonyl (C=O) groups excluding carboxylic acids is 1. The number of benzene rings is 1. The Balaban J connectivity index is 1.71. The van der Waals surface area contributed by atoms with Crippen LogP contribution < -0.4 is 5.32 Å². The third-order valence-electron chi connectivity index (χ3n) is 4.38. The summed E-state index contributed by atoms with van der Waals surface area (Å²) >= 11 is 5.84. The Labute approximate surface area is 127 Å². The van der Waals surface area contributed by atoms with E-state index in [2.05, 4.69) is 10.2 Å². The predicted octanol–water partition coefficient (Wildman–Crippen LogP) is 2.07. The molecule has 0 aromatic heterocycles. The van der Waals surface area contributed by atoms with Crippen molar-refractivity contribution < 1.29 is 9.72 Å². The topological polar surface area (TPSA) is 75.5 Å². The van der Waals surface area contributed by atoms with Crippen molar-refractivity contribution in [2.45, 2.75) is 18.9 Å². The normalized spacial score (nSPS) is 27.4. The molecule has 1 amide bonds. The standard InChI is InChI=1S/C14H16ClN3O3/c15-11-7-10(1-2-13(11)18(20)21)14(19)16-12-8-17-5-3-9(12)4-6-17/h1-2,7,9,12H,3-6,8H2,(H,16,19). The van der Waals surface area contributed by atoms with E-state index < -0.39 is 4.92 Å². The zero-order chi connectivity index (χ0) is 15.0. The van der Waals surface area contributed by atoms with Gasteiger partial charge in [-0.3, -0.25) is 14.9 Å². The van der Waals surface area contributed by atoms with Crippen molar-refractivity contribution in [2.75, 3.05) is 19.6 Å². The highest BCUT2D eigenvalue weighted by molar-refractivity contribution is 6.33. The summed E-state index contributed by atoms with van der Waals surface area (Å²) in [6.45, 7) is 3.11. The van der Waals surface area contributed by atoms with E-state index in [1.807, 2.05) is 0 Å². The number of hydrogen-bond donors (Lipinski definition) is 1. The number of rotatable bonds is 3. The third-order valence-corrected chi connectivity index (χ3v) is 4.68. The number of nitro benzene ring substituents is 1. The van der Waals surface area contributed by atoms with E-state index in [1.165, 1.54) is 18.2 Å². The van der Waals surface area contributed by atoms with Crippen molar-refractivity contribution in [3.05, 3.63) is 38.9 Å². The van der Waals surface area contributed by atoms with Crippen LogP contribution in [-0.4, -0.2) is 41.4 Å². The molecule has 3 saturated heterocycles. The Bertz CT molecular complexity index is 585. The molecule has 0 aliphatic carbocycles. The first-order chi connectivity index (χ1) is 10.0. The quantitative estimate of drug-likeness (QED) is 0.685. The van der Waals surface area contributed by atoms with Crippen LogP contribution in [0.4, 0.5) is 5.69 Å². The molecular formula is C14H16ClN3O3. The lowest BCUT2D eigenvalue weighted by molar-refractivity contribution is -0.384. The van der Waals surface area contributed by atoms with Gasteiger partial charge in [0.25, 0.3) is 11.6 Å². The van der Waals surface area contributed by atoms with Crippen molar-refractivity contribution in [1.82, 2.24) is 10.2 Å². The smallest absolute Gasteiger partial charge is 0.287 e. The Morgan fingerprint density at radius 2 is 2.10 bits per heavy atom. The number of hydrogen-bond acceptors (Lipinski definition) is 4. The van der Waals surface area contributed by atoms with Crippen LogP contribution in [0.3, 0.4) is 0 Å². The maximum atomic E-state index is 12.3. The van der Waals surface area contributed by atoms with E-state index in [1.54, 1.807) is 0 Å². The summed E-state index contributed by atoms with van der Waals surface area (Å²) in [6, 6.07) is 4.24. The highest BCUT2D eigenvalue weighted by Gasteiger charge is 2.35. The van der Waals surface area contributed by atoms with Crippen molar-refractivity contribution in [3.8, 4) is 0 Å². The zero-order valence-corrected chi connectivity index (χ0v) is 12.2. The maximum absolute atomic E-state index is 12.3. The van der Waals surface area contributed by atoms with Gasteiger partial charge < -0.3 is 10.2 Å². The minimum atomic E-state index is -0.558. The molecule has 0 saturated carbocycles. The van der Waals surface area contributed by atoms with Gasteiger partial charge in [0, 0.05) is 24.2 Å². The van der Waals surface area contributed by atoms with E-state index in [0.29, 0.717) is 11.5 Å². The first-order valence-corrected chi connectivity index (χ1v) is 7.39. The number of fused-ring (bicyclic) bond motifs is 3. The van der Waals surface area contributed by atoms with Crippen LogP contribution in [0.25, 0.3) is 0 Å². The monoisotopic (exact) mass is 309 g/mol. The molecule has 3 aliphatic heterocycles. The lowest BCUT2D eigenvalue weighted by atomic mass is 9.84. The molecule has 0 spiro atoms. The molecule has 112 valence electrons. The molecule has 3 fully saturated rings. The fourth-order valence-electron chi connectivity index (χ4n) is 3.18. The number of nitrogens with one attached hydrogen (secondary N) is 1. The predicted molar refractivity (Wildman–Crippen MR) is 78.5 cm³/mol. The van der Waals surface area contributed by atoms with Gasteiger partial charge in [0.2, 0.25) is 0 Å². The number of amides is 1. The van der Waals surface area contributed by atoms with Gasteiger partial charge in [-0.05, 0) is 44.0 Å². The second-order valence-electron chi connectivity index (χ2n) is 5.64. The van der Waals surface area contributed by atoms with E-state index in [-0.39, 0.29) is 22.7 Å². The molecule has 1 unspecified atom stereocenters. The van der Waals surface area contributed by atoms with Crippen LogP contribution in [0.5, 0.6) is 0 Å². The van der Waals surface area contributed by atoms with Crippen molar-refractivity contribution >= 4 is 23.2 Å². The Morgan fingerprint density at radius 1 is 1.38 bits per heavy atom. The fourth-order valence-corrected chi connectivity index (χ4v) is 3.43. The van der Waals surface area contributed by atoms with Crippen LogP contribution in [0.1, 0.15) is 23.2 Å². The minimum Gasteiger partial charge on any atom is -0.348 e. The maximum Gasteiger partial charge on any atom is 0.287 e. The van der Waals surface area contributed by atoms with E-state index in [4.69, 9.17) is 11.6 Å². The lowest BCUT2D eigenvalue weighted by Gasteiger charge is -2.44. The van der Waals surface area contributed by atoms with Gasteiger partial charge in [-0.1, -0.05) is 11.6 Å². The van der Waals surface area contributed by atoms with Crippen molar-refractivity contribution in [2.24, 2.45) is 5.92 Å². The number of carbonyl (C=O) groups is 1. The average molecular weight is 310 g/mol. The summed E-state index contributed by atoms with van der Waals surface area (Å²) in [7, 11) is 0. The Morgan fingerprint density at radius 3 is 2.62 bits per heavy atom. The minimum absolute atomic E-state index is 0.0124. The summed E-state index contributed by atoms with van der Waals surface area (Å²) in [5.41, 5.74) is 0.179. The molecule has 21 heavy (non-hydrogen) atoms. The van der Waals surface area contributed by atoms with Gasteiger partial charge in [0.05, 0.1) is 4.92 Å². The number of piperidine rings is 3.